The van der Waals surface area contributed by atoms with Crippen LogP contribution in [0.15, 0.2) is 146 Å². The summed E-state index contributed by atoms with van der Waals surface area (Å²) >= 11 is 0. The van der Waals surface area contributed by atoms with E-state index in [9.17, 15) is 0 Å². The van der Waals surface area contributed by atoms with E-state index in [0.717, 1.165) is 44.6 Å². The lowest BCUT2D eigenvalue weighted by atomic mass is 9.81. The van der Waals surface area contributed by atoms with Crippen LogP contribution in [0.1, 0.15) is 25.0 Å². The SMILES string of the molecule is CC1(C)c2ccccc2-c2ccc(-c3ccc4c(c3)c3c5ccccc5ccc3n4-c3nc4ccccc4c4nc5ccccc5n34)cc21. The Balaban J connectivity index is 1.23. The molecule has 1 aliphatic carbocycles. The maximum Gasteiger partial charge on any atom is 0.221 e. The van der Waals surface area contributed by atoms with Crippen LogP contribution in [0.25, 0.3) is 88.4 Å². The molecule has 49 heavy (non-hydrogen) atoms. The highest BCUT2D eigenvalue weighted by atomic mass is 15.2. The molecule has 10 aromatic rings. The Morgan fingerprint density at radius 2 is 1.18 bits per heavy atom. The molecule has 3 aromatic heterocycles. The third-order valence-electron chi connectivity index (χ3n) is 10.9. The average molecular weight is 627 g/mol. The van der Waals surface area contributed by atoms with Gasteiger partial charge in [-0.15, -0.1) is 0 Å². The van der Waals surface area contributed by atoms with Crippen LogP contribution in [-0.4, -0.2) is 18.9 Å². The summed E-state index contributed by atoms with van der Waals surface area (Å²) in [6.07, 6.45) is 0. The van der Waals surface area contributed by atoms with E-state index in [0.29, 0.717) is 0 Å². The molecule has 0 spiro atoms. The lowest BCUT2D eigenvalue weighted by Crippen LogP contribution is -2.14. The van der Waals surface area contributed by atoms with Crippen molar-refractivity contribution >= 4 is 60.2 Å². The highest BCUT2D eigenvalue weighted by Gasteiger charge is 2.35. The molecule has 11 rings (SSSR count). The van der Waals surface area contributed by atoms with Crippen molar-refractivity contribution in [1.29, 1.82) is 0 Å². The number of benzene rings is 7. The van der Waals surface area contributed by atoms with Crippen molar-refractivity contribution in [3.63, 3.8) is 0 Å². The minimum absolute atomic E-state index is 0.0566. The molecule has 4 heteroatoms. The molecule has 0 saturated carbocycles. The zero-order valence-electron chi connectivity index (χ0n) is 27.1. The van der Waals surface area contributed by atoms with Crippen LogP contribution in [0.5, 0.6) is 0 Å². The number of aromatic nitrogens is 4. The van der Waals surface area contributed by atoms with Gasteiger partial charge >= 0.3 is 0 Å². The van der Waals surface area contributed by atoms with Crippen LogP contribution < -0.4 is 0 Å². The largest absolute Gasteiger partial charge is 0.279 e. The Labute approximate surface area is 282 Å². The van der Waals surface area contributed by atoms with Gasteiger partial charge in [0.25, 0.3) is 0 Å². The van der Waals surface area contributed by atoms with Gasteiger partial charge in [-0.05, 0) is 92.7 Å². The third-order valence-corrected chi connectivity index (χ3v) is 10.9. The predicted molar refractivity (Wildman–Crippen MR) is 203 cm³/mol. The Bertz CT molecular complexity index is 3030. The summed E-state index contributed by atoms with van der Waals surface area (Å²) in [6.45, 7) is 4.70. The molecule has 0 radical (unpaired) electrons. The van der Waals surface area contributed by atoms with Crippen molar-refractivity contribution in [2.75, 3.05) is 0 Å². The fourth-order valence-electron chi connectivity index (χ4n) is 8.55. The van der Waals surface area contributed by atoms with E-state index in [1.165, 1.54) is 54.9 Å². The van der Waals surface area contributed by atoms with Crippen LogP contribution in [0.4, 0.5) is 0 Å². The Morgan fingerprint density at radius 1 is 0.490 bits per heavy atom. The lowest BCUT2D eigenvalue weighted by Gasteiger charge is -2.22. The molecule has 4 nitrogen and oxygen atoms in total. The second-order valence-electron chi connectivity index (χ2n) is 13.9. The maximum atomic E-state index is 5.39. The minimum atomic E-state index is -0.0566. The van der Waals surface area contributed by atoms with Crippen LogP contribution in [0.3, 0.4) is 0 Å². The first-order chi connectivity index (χ1) is 24.1. The number of fused-ring (bicyclic) bond motifs is 13. The van der Waals surface area contributed by atoms with E-state index in [2.05, 4.69) is 168 Å². The van der Waals surface area contributed by atoms with E-state index < -0.39 is 0 Å². The van der Waals surface area contributed by atoms with Gasteiger partial charge in [0.1, 0.15) is 5.65 Å². The molecular formula is C45H30N4. The second-order valence-corrected chi connectivity index (χ2v) is 13.9. The van der Waals surface area contributed by atoms with E-state index in [1.54, 1.807) is 0 Å². The molecule has 0 atom stereocenters. The van der Waals surface area contributed by atoms with Crippen molar-refractivity contribution in [2.24, 2.45) is 0 Å². The zero-order chi connectivity index (χ0) is 32.4. The molecule has 0 saturated heterocycles. The first-order valence-electron chi connectivity index (χ1n) is 16.9. The molecule has 3 heterocycles. The van der Waals surface area contributed by atoms with E-state index >= 15 is 0 Å². The van der Waals surface area contributed by atoms with Crippen molar-refractivity contribution in [1.82, 2.24) is 18.9 Å². The fraction of sp³-hybridized carbons (Fsp3) is 0.0667. The molecule has 7 aromatic carbocycles. The Hall–Kier alpha value is -6.26. The fourth-order valence-corrected chi connectivity index (χ4v) is 8.55. The normalized spacial score (nSPS) is 13.7. The molecule has 0 amide bonds. The van der Waals surface area contributed by atoms with Gasteiger partial charge in [-0.3, -0.25) is 8.97 Å². The maximum absolute atomic E-state index is 5.39. The minimum Gasteiger partial charge on any atom is -0.279 e. The van der Waals surface area contributed by atoms with Crippen molar-refractivity contribution in [2.45, 2.75) is 19.3 Å². The van der Waals surface area contributed by atoms with Crippen LogP contribution in [0.2, 0.25) is 0 Å². The smallest absolute Gasteiger partial charge is 0.221 e. The van der Waals surface area contributed by atoms with E-state index in [4.69, 9.17) is 9.97 Å². The summed E-state index contributed by atoms with van der Waals surface area (Å²) in [7, 11) is 0. The van der Waals surface area contributed by atoms with Gasteiger partial charge in [-0.2, -0.15) is 0 Å². The summed E-state index contributed by atoms with van der Waals surface area (Å²) < 4.78 is 4.58. The molecule has 1 aliphatic rings. The van der Waals surface area contributed by atoms with Gasteiger partial charge in [-0.25, -0.2) is 9.97 Å². The summed E-state index contributed by atoms with van der Waals surface area (Å²) in [4.78, 5) is 10.5. The van der Waals surface area contributed by atoms with Crippen LogP contribution in [-0.2, 0) is 5.41 Å². The molecule has 0 bridgehead atoms. The molecular weight excluding hydrogens is 597 g/mol. The highest BCUT2D eigenvalue weighted by Crippen LogP contribution is 2.50. The molecule has 0 aliphatic heterocycles. The van der Waals surface area contributed by atoms with Crippen molar-refractivity contribution in [3.05, 3.63) is 157 Å². The average Bonchev–Trinajstić information content (AvgIpc) is 3.77. The number of hydrogen-bond acceptors (Lipinski definition) is 2. The van der Waals surface area contributed by atoms with Crippen molar-refractivity contribution in [3.8, 4) is 28.2 Å². The van der Waals surface area contributed by atoms with Gasteiger partial charge in [0.15, 0.2) is 0 Å². The van der Waals surface area contributed by atoms with Crippen molar-refractivity contribution < 1.29 is 0 Å². The number of nitrogens with zero attached hydrogens (tertiary/aromatic N) is 4. The van der Waals surface area contributed by atoms with Gasteiger partial charge in [-0.1, -0.05) is 111 Å². The first kappa shape index (κ1) is 26.8. The number of rotatable bonds is 2. The van der Waals surface area contributed by atoms with Gasteiger partial charge in [0, 0.05) is 21.6 Å². The monoisotopic (exact) mass is 626 g/mol. The first-order valence-corrected chi connectivity index (χ1v) is 16.9. The van der Waals surface area contributed by atoms with Gasteiger partial charge in [0.05, 0.1) is 27.6 Å². The zero-order valence-corrected chi connectivity index (χ0v) is 27.1. The topological polar surface area (TPSA) is 35.1 Å². The molecule has 0 N–H and O–H groups in total. The number of imidazole rings is 1. The summed E-state index contributed by atoms with van der Waals surface area (Å²) in [5.41, 5.74) is 13.9. The summed E-state index contributed by atoms with van der Waals surface area (Å²) in [6, 6.07) is 52.7. The van der Waals surface area contributed by atoms with Crippen LogP contribution >= 0.6 is 0 Å². The van der Waals surface area contributed by atoms with Gasteiger partial charge in [0.2, 0.25) is 5.95 Å². The number of para-hydroxylation sites is 3. The molecule has 230 valence electrons. The third kappa shape index (κ3) is 3.53. The van der Waals surface area contributed by atoms with E-state index in [1.807, 2.05) is 0 Å². The quantitative estimate of drug-likeness (QED) is 0.191. The summed E-state index contributed by atoms with van der Waals surface area (Å²) in [5, 5.41) is 5.94. The van der Waals surface area contributed by atoms with Crippen LogP contribution in [0, 0.1) is 0 Å². The van der Waals surface area contributed by atoms with E-state index in [-0.39, 0.29) is 5.41 Å². The van der Waals surface area contributed by atoms with Gasteiger partial charge < -0.3 is 0 Å². The standard InChI is InChI=1S/C45H30N4/c1-45(2)35-15-7-5-13-31(35)32-22-19-29(26-36(32)45)28-21-23-39-34(25-28)42-30-12-4-3-11-27(30)20-24-41(42)48(39)44-47-37-16-8-6-14-33(37)43-46-38-17-9-10-18-40(38)49(43)44/h3-26H,1-2H3. The number of hydrogen-bond donors (Lipinski definition) is 0. The lowest BCUT2D eigenvalue weighted by molar-refractivity contribution is 0.660. The Kier molecular flexibility index (Phi) is 5.15. The molecule has 0 fully saturated rings. The highest BCUT2D eigenvalue weighted by molar-refractivity contribution is 6.22. The predicted octanol–water partition coefficient (Wildman–Crippen LogP) is 11.3. The second kappa shape index (κ2) is 9.42. The Morgan fingerprint density at radius 3 is 2.10 bits per heavy atom. The summed E-state index contributed by atoms with van der Waals surface area (Å²) in [5.74, 6) is 0.836. The molecule has 0 unspecified atom stereocenters.